The van der Waals surface area contributed by atoms with Gasteiger partial charge in [0, 0.05) is 5.25 Å². The first-order chi connectivity index (χ1) is 6.77. The van der Waals surface area contributed by atoms with Crippen LogP contribution in [0.3, 0.4) is 0 Å². The zero-order valence-electron chi connectivity index (χ0n) is 7.90. The normalized spacial score (nSPS) is 19.3. The zero-order chi connectivity index (χ0) is 9.97. The monoisotopic (exact) mass is 207 g/mol. The molecule has 2 rings (SSSR count). The molecule has 0 bridgehead atoms. The van der Waals surface area contributed by atoms with Gasteiger partial charge in [-0.15, -0.1) is 11.8 Å². The van der Waals surface area contributed by atoms with Gasteiger partial charge in [-0.1, -0.05) is 24.3 Å². The Morgan fingerprint density at radius 3 is 3.07 bits per heavy atom. The quantitative estimate of drug-likeness (QED) is 0.822. The Balaban J connectivity index is 2.07. The fourth-order valence-corrected chi connectivity index (χ4v) is 2.93. The number of hydrogen-bond acceptors (Lipinski definition) is 2. The molecule has 1 aromatic rings. The molecule has 1 aromatic carbocycles. The molecule has 1 aliphatic rings. The number of hydrogen-bond donors (Lipinski definition) is 1. The number of primary amides is 1. The Bertz CT molecular complexity index is 351. The third-order valence-electron chi connectivity index (χ3n) is 2.50. The van der Waals surface area contributed by atoms with Gasteiger partial charge in [-0.05, 0) is 24.0 Å². The summed E-state index contributed by atoms with van der Waals surface area (Å²) in [6.45, 7) is 0. The summed E-state index contributed by atoms with van der Waals surface area (Å²) in [5.74, 6) is 0.207. The van der Waals surface area contributed by atoms with Crippen molar-refractivity contribution in [1.82, 2.24) is 0 Å². The number of rotatable bonds is 3. The fourth-order valence-electron chi connectivity index (χ4n) is 1.87. The summed E-state index contributed by atoms with van der Waals surface area (Å²) in [5.41, 5.74) is 7.94. The highest BCUT2D eigenvalue weighted by Gasteiger charge is 2.22. The van der Waals surface area contributed by atoms with E-state index in [1.54, 1.807) is 11.8 Å². The van der Waals surface area contributed by atoms with Crippen LogP contribution >= 0.6 is 11.8 Å². The Morgan fingerprint density at radius 2 is 2.29 bits per heavy atom. The molecular weight excluding hydrogens is 194 g/mol. The van der Waals surface area contributed by atoms with E-state index >= 15 is 0 Å². The fraction of sp³-hybridized carbons (Fsp3) is 0.364. The summed E-state index contributed by atoms with van der Waals surface area (Å²) < 4.78 is 0. The highest BCUT2D eigenvalue weighted by atomic mass is 32.2. The van der Waals surface area contributed by atoms with Crippen molar-refractivity contribution in [3.8, 4) is 0 Å². The van der Waals surface area contributed by atoms with Crippen LogP contribution in [0.1, 0.15) is 22.8 Å². The molecule has 1 atom stereocenters. The molecule has 1 amide bonds. The van der Waals surface area contributed by atoms with Crippen molar-refractivity contribution < 1.29 is 4.79 Å². The van der Waals surface area contributed by atoms with E-state index in [-0.39, 0.29) is 5.91 Å². The third kappa shape index (κ3) is 1.93. The van der Waals surface area contributed by atoms with Crippen molar-refractivity contribution >= 4 is 17.7 Å². The van der Waals surface area contributed by atoms with E-state index in [2.05, 4.69) is 24.3 Å². The molecule has 2 nitrogen and oxygen atoms in total. The zero-order valence-corrected chi connectivity index (χ0v) is 8.72. The van der Waals surface area contributed by atoms with Gasteiger partial charge in [-0.3, -0.25) is 4.79 Å². The average molecular weight is 207 g/mol. The van der Waals surface area contributed by atoms with Crippen LogP contribution in [0.25, 0.3) is 0 Å². The molecule has 1 unspecified atom stereocenters. The summed E-state index contributed by atoms with van der Waals surface area (Å²) in [6, 6.07) is 8.45. The maximum absolute atomic E-state index is 10.7. The second kappa shape index (κ2) is 4.05. The van der Waals surface area contributed by atoms with Gasteiger partial charge in [0.2, 0.25) is 5.91 Å². The molecule has 2 N–H and O–H groups in total. The first kappa shape index (κ1) is 9.59. The summed E-state index contributed by atoms with van der Waals surface area (Å²) in [6.07, 6.45) is 2.27. The molecule has 0 spiro atoms. The van der Waals surface area contributed by atoms with Crippen molar-refractivity contribution in [2.45, 2.75) is 18.1 Å². The number of benzene rings is 1. The van der Waals surface area contributed by atoms with Gasteiger partial charge in [-0.25, -0.2) is 0 Å². The van der Waals surface area contributed by atoms with E-state index in [1.165, 1.54) is 11.1 Å². The molecule has 0 aromatic heterocycles. The number of fused-ring (bicyclic) bond motifs is 1. The summed E-state index contributed by atoms with van der Waals surface area (Å²) in [7, 11) is 0. The minimum Gasteiger partial charge on any atom is -0.369 e. The number of aryl methyl sites for hydroxylation is 1. The SMILES string of the molecule is NC(=O)CSC1CCc2ccccc21. The van der Waals surface area contributed by atoms with E-state index in [4.69, 9.17) is 5.73 Å². The molecule has 1 aliphatic carbocycles. The van der Waals surface area contributed by atoms with Crippen LogP contribution in [0, 0.1) is 0 Å². The highest BCUT2D eigenvalue weighted by molar-refractivity contribution is 8.00. The van der Waals surface area contributed by atoms with E-state index in [0.29, 0.717) is 11.0 Å². The maximum atomic E-state index is 10.7. The number of nitrogens with two attached hydrogens (primary N) is 1. The van der Waals surface area contributed by atoms with Crippen molar-refractivity contribution in [3.05, 3.63) is 35.4 Å². The molecule has 14 heavy (non-hydrogen) atoms. The van der Waals surface area contributed by atoms with Crippen molar-refractivity contribution in [2.75, 3.05) is 5.75 Å². The minimum atomic E-state index is -0.223. The Hall–Kier alpha value is -0.960. The lowest BCUT2D eigenvalue weighted by atomic mass is 10.1. The maximum Gasteiger partial charge on any atom is 0.227 e. The third-order valence-corrected chi connectivity index (χ3v) is 3.85. The molecular formula is C11H13NOS. The van der Waals surface area contributed by atoms with Gasteiger partial charge in [-0.2, -0.15) is 0 Å². The van der Waals surface area contributed by atoms with Crippen LogP contribution in [0.4, 0.5) is 0 Å². The Kier molecular flexibility index (Phi) is 2.77. The molecule has 0 saturated heterocycles. The number of thioether (sulfide) groups is 1. The molecule has 0 fully saturated rings. The summed E-state index contributed by atoms with van der Waals surface area (Å²) in [4.78, 5) is 10.7. The van der Waals surface area contributed by atoms with Gasteiger partial charge in [0.05, 0.1) is 5.75 Å². The molecule has 3 heteroatoms. The average Bonchev–Trinajstić information content (AvgIpc) is 2.58. The summed E-state index contributed by atoms with van der Waals surface area (Å²) in [5, 5.41) is 0.471. The van der Waals surface area contributed by atoms with E-state index < -0.39 is 0 Å². The number of carbonyl (C=O) groups is 1. The number of amides is 1. The minimum absolute atomic E-state index is 0.223. The topological polar surface area (TPSA) is 43.1 Å². The van der Waals surface area contributed by atoms with E-state index in [1.807, 2.05) is 0 Å². The van der Waals surface area contributed by atoms with Crippen LogP contribution in [0.2, 0.25) is 0 Å². The predicted octanol–water partition coefficient (Wildman–Crippen LogP) is 1.89. The lowest BCUT2D eigenvalue weighted by molar-refractivity contribution is -0.115. The largest absolute Gasteiger partial charge is 0.369 e. The van der Waals surface area contributed by atoms with Crippen LogP contribution in [-0.2, 0) is 11.2 Å². The van der Waals surface area contributed by atoms with Crippen molar-refractivity contribution in [1.29, 1.82) is 0 Å². The number of carbonyl (C=O) groups excluding carboxylic acids is 1. The summed E-state index contributed by atoms with van der Waals surface area (Å²) >= 11 is 1.66. The van der Waals surface area contributed by atoms with Crippen LogP contribution in [0.5, 0.6) is 0 Å². The second-order valence-corrected chi connectivity index (χ2v) is 4.69. The van der Waals surface area contributed by atoms with Gasteiger partial charge in [0.25, 0.3) is 0 Å². The van der Waals surface area contributed by atoms with Crippen molar-refractivity contribution in [2.24, 2.45) is 5.73 Å². The van der Waals surface area contributed by atoms with Crippen molar-refractivity contribution in [3.63, 3.8) is 0 Å². The van der Waals surface area contributed by atoms with E-state index in [0.717, 1.165) is 12.8 Å². The lowest BCUT2D eigenvalue weighted by Crippen LogP contribution is -2.13. The van der Waals surface area contributed by atoms with Gasteiger partial charge in [0.1, 0.15) is 0 Å². The lowest BCUT2D eigenvalue weighted by Gasteiger charge is -2.09. The predicted molar refractivity (Wildman–Crippen MR) is 59.2 cm³/mol. The van der Waals surface area contributed by atoms with Gasteiger partial charge >= 0.3 is 0 Å². The first-order valence-corrected chi connectivity index (χ1v) is 5.80. The van der Waals surface area contributed by atoms with Gasteiger partial charge in [0.15, 0.2) is 0 Å². The molecule has 0 saturated carbocycles. The molecule has 0 aliphatic heterocycles. The van der Waals surface area contributed by atoms with Crippen LogP contribution in [0.15, 0.2) is 24.3 Å². The smallest absolute Gasteiger partial charge is 0.227 e. The highest BCUT2D eigenvalue weighted by Crippen LogP contribution is 2.40. The molecule has 0 radical (unpaired) electrons. The standard InChI is InChI=1S/C11H13NOS/c12-11(13)7-14-10-6-5-8-3-1-2-4-9(8)10/h1-4,10H,5-7H2,(H2,12,13). The van der Waals surface area contributed by atoms with Gasteiger partial charge < -0.3 is 5.73 Å². The Morgan fingerprint density at radius 1 is 1.50 bits per heavy atom. The van der Waals surface area contributed by atoms with Crippen LogP contribution < -0.4 is 5.73 Å². The van der Waals surface area contributed by atoms with Crippen LogP contribution in [-0.4, -0.2) is 11.7 Å². The van der Waals surface area contributed by atoms with E-state index in [9.17, 15) is 4.79 Å². The Labute approximate surface area is 87.9 Å². The molecule has 74 valence electrons. The second-order valence-electron chi connectivity index (χ2n) is 3.50. The first-order valence-electron chi connectivity index (χ1n) is 4.75. The molecule has 0 heterocycles.